The SMILES string of the molecule is CCCCCCCCCCCCCCCS(=O)(=O)O.Cl. The summed E-state index contributed by atoms with van der Waals surface area (Å²) >= 11 is 0. The molecule has 1 N–H and O–H groups in total. The predicted octanol–water partition coefficient (Wildman–Crippen LogP) is 5.39. The Morgan fingerprint density at radius 2 is 0.950 bits per heavy atom. The lowest BCUT2D eigenvalue weighted by Gasteiger charge is -2.02. The van der Waals surface area contributed by atoms with Crippen LogP contribution in [0.2, 0.25) is 0 Å². The van der Waals surface area contributed by atoms with Crippen molar-refractivity contribution in [2.45, 2.75) is 90.4 Å². The molecule has 124 valence electrons. The van der Waals surface area contributed by atoms with Crippen molar-refractivity contribution in [2.75, 3.05) is 5.75 Å². The van der Waals surface area contributed by atoms with Crippen molar-refractivity contribution in [3.8, 4) is 0 Å². The number of rotatable bonds is 14. The van der Waals surface area contributed by atoms with E-state index >= 15 is 0 Å². The molecule has 0 saturated heterocycles. The molecule has 20 heavy (non-hydrogen) atoms. The van der Waals surface area contributed by atoms with E-state index in [0.29, 0.717) is 6.42 Å². The maximum Gasteiger partial charge on any atom is 0.264 e. The zero-order valence-corrected chi connectivity index (χ0v) is 14.6. The Balaban J connectivity index is 0. The lowest BCUT2D eigenvalue weighted by molar-refractivity contribution is 0.478. The second-order valence-corrected chi connectivity index (χ2v) is 7.10. The van der Waals surface area contributed by atoms with Crippen LogP contribution < -0.4 is 0 Å². The smallest absolute Gasteiger partial charge is 0.264 e. The molecule has 0 saturated carbocycles. The summed E-state index contributed by atoms with van der Waals surface area (Å²) in [7, 11) is -3.74. The third kappa shape index (κ3) is 20.5. The molecule has 0 fully saturated rings. The predicted molar refractivity (Wildman–Crippen MR) is 89.4 cm³/mol. The van der Waals surface area contributed by atoms with Crippen LogP contribution in [-0.4, -0.2) is 18.7 Å². The second-order valence-electron chi connectivity index (χ2n) is 5.53. The summed E-state index contributed by atoms with van der Waals surface area (Å²) in [4.78, 5) is 0. The third-order valence-corrected chi connectivity index (χ3v) is 4.31. The first-order valence-corrected chi connectivity index (χ1v) is 9.62. The van der Waals surface area contributed by atoms with E-state index < -0.39 is 10.1 Å². The molecule has 0 amide bonds. The summed E-state index contributed by atoms with van der Waals surface area (Å²) in [5, 5.41) is 0. The maximum atomic E-state index is 10.5. The standard InChI is InChI=1S/C15H32O3S.ClH/c1-2-3-4-5-6-7-8-9-10-11-12-13-14-15-19(16,17)18;/h2-15H2,1H3,(H,16,17,18);1H. The molecule has 0 aliphatic carbocycles. The minimum Gasteiger partial charge on any atom is -0.286 e. The van der Waals surface area contributed by atoms with Gasteiger partial charge in [0.15, 0.2) is 0 Å². The molecule has 0 unspecified atom stereocenters. The molecule has 0 aliphatic rings. The van der Waals surface area contributed by atoms with Gasteiger partial charge in [-0.15, -0.1) is 12.4 Å². The largest absolute Gasteiger partial charge is 0.286 e. The molecule has 3 nitrogen and oxygen atoms in total. The lowest BCUT2D eigenvalue weighted by Crippen LogP contribution is -2.03. The van der Waals surface area contributed by atoms with E-state index in [-0.39, 0.29) is 18.2 Å². The van der Waals surface area contributed by atoms with Gasteiger partial charge in [-0.05, 0) is 6.42 Å². The zero-order chi connectivity index (χ0) is 14.4. The average Bonchev–Trinajstić information content (AvgIpc) is 2.34. The van der Waals surface area contributed by atoms with Gasteiger partial charge >= 0.3 is 0 Å². The molecular weight excluding hydrogens is 296 g/mol. The summed E-state index contributed by atoms with van der Waals surface area (Å²) in [6, 6.07) is 0. The molecule has 0 aromatic carbocycles. The minimum absolute atomic E-state index is 0. The van der Waals surface area contributed by atoms with Crippen LogP contribution >= 0.6 is 12.4 Å². The molecule has 0 aliphatic heterocycles. The highest BCUT2D eigenvalue weighted by Gasteiger charge is 2.02. The number of halogens is 1. The van der Waals surface area contributed by atoms with Gasteiger partial charge in [-0.25, -0.2) is 0 Å². The van der Waals surface area contributed by atoms with Gasteiger partial charge in [-0.2, -0.15) is 8.42 Å². The highest BCUT2D eigenvalue weighted by molar-refractivity contribution is 7.85. The third-order valence-electron chi connectivity index (χ3n) is 3.51. The highest BCUT2D eigenvalue weighted by atomic mass is 35.5. The summed E-state index contributed by atoms with van der Waals surface area (Å²) in [6.07, 6.45) is 15.9. The van der Waals surface area contributed by atoms with Crippen molar-refractivity contribution in [3.63, 3.8) is 0 Å². The van der Waals surface area contributed by atoms with Gasteiger partial charge in [0.25, 0.3) is 10.1 Å². The Morgan fingerprint density at radius 1 is 0.650 bits per heavy atom. The quantitative estimate of drug-likeness (QED) is 0.343. The van der Waals surface area contributed by atoms with E-state index in [1.165, 1.54) is 64.2 Å². The monoisotopic (exact) mass is 328 g/mol. The molecule has 0 radical (unpaired) electrons. The minimum atomic E-state index is -3.74. The summed E-state index contributed by atoms with van der Waals surface area (Å²) in [6.45, 7) is 2.25. The molecule has 0 atom stereocenters. The first-order valence-electron chi connectivity index (χ1n) is 8.01. The van der Waals surface area contributed by atoms with Crippen molar-refractivity contribution in [3.05, 3.63) is 0 Å². The fourth-order valence-corrected chi connectivity index (χ4v) is 2.87. The van der Waals surface area contributed by atoms with Gasteiger partial charge < -0.3 is 0 Å². The van der Waals surface area contributed by atoms with Crippen LogP contribution in [0.1, 0.15) is 90.4 Å². The lowest BCUT2D eigenvalue weighted by atomic mass is 10.1. The van der Waals surface area contributed by atoms with Crippen LogP contribution in [-0.2, 0) is 10.1 Å². The van der Waals surface area contributed by atoms with E-state index in [1.807, 2.05) is 0 Å². The Kier molecular flexibility index (Phi) is 17.5. The van der Waals surface area contributed by atoms with E-state index in [0.717, 1.165) is 12.8 Å². The zero-order valence-electron chi connectivity index (χ0n) is 13.0. The van der Waals surface area contributed by atoms with Crippen molar-refractivity contribution < 1.29 is 13.0 Å². The van der Waals surface area contributed by atoms with Gasteiger partial charge in [0, 0.05) is 0 Å². The number of hydrogen-bond acceptors (Lipinski definition) is 2. The van der Waals surface area contributed by atoms with Crippen molar-refractivity contribution in [1.82, 2.24) is 0 Å². The van der Waals surface area contributed by atoms with Crippen LogP contribution in [0.4, 0.5) is 0 Å². The summed E-state index contributed by atoms with van der Waals surface area (Å²) in [5.74, 6) is -0.0786. The van der Waals surface area contributed by atoms with Gasteiger partial charge in [0.1, 0.15) is 0 Å². The summed E-state index contributed by atoms with van der Waals surface area (Å²) in [5.41, 5.74) is 0. The van der Waals surface area contributed by atoms with Crippen LogP contribution in [0.15, 0.2) is 0 Å². The van der Waals surface area contributed by atoms with Gasteiger partial charge in [0.05, 0.1) is 5.75 Å². The molecular formula is C15H33ClO3S. The van der Waals surface area contributed by atoms with Gasteiger partial charge in [0.2, 0.25) is 0 Å². The molecule has 0 aromatic rings. The van der Waals surface area contributed by atoms with Gasteiger partial charge in [-0.3, -0.25) is 4.55 Å². The Bertz CT molecular complexity index is 279. The van der Waals surface area contributed by atoms with Crippen LogP contribution in [0.5, 0.6) is 0 Å². The molecule has 0 heterocycles. The highest BCUT2D eigenvalue weighted by Crippen LogP contribution is 2.12. The van der Waals surface area contributed by atoms with E-state index in [9.17, 15) is 8.42 Å². The Labute approximate surface area is 132 Å². The number of unbranched alkanes of at least 4 members (excludes halogenated alkanes) is 12. The fourth-order valence-electron chi connectivity index (χ4n) is 2.30. The topological polar surface area (TPSA) is 54.4 Å². The van der Waals surface area contributed by atoms with Crippen molar-refractivity contribution in [2.24, 2.45) is 0 Å². The van der Waals surface area contributed by atoms with Crippen LogP contribution in [0, 0.1) is 0 Å². The first kappa shape index (κ1) is 22.5. The molecule has 0 aromatic heterocycles. The van der Waals surface area contributed by atoms with Crippen LogP contribution in [0.3, 0.4) is 0 Å². The molecule has 0 rings (SSSR count). The Hall–Kier alpha value is 0.200. The van der Waals surface area contributed by atoms with Crippen molar-refractivity contribution >= 4 is 22.5 Å². The first-order chi connectivity index (χ1) is 9.06. The molecule has 5 heteroatoms. The van der Waals surface area contributed by atoms with Crippen molar-refractivity contribution in [1.29, 1.82) is 0 Å². The fraction of sp³-hybridized carbons (Fsp3) is 1.00. The average molecular weight is 329 g/mol. The summed E-state index contributed by atoms with van der Waals surface area (Å²) < 4.78 is 29.5. The molecule has 0 bridgehead atoms. The van der Waals surface area contributed by atoms with Crippen LogP contribution in [0.25, 0.3) is 0 Å². The van der Waals surface area contributed by atoms with E-state index in [2.05, 4.69) is 6.92 Å². The second kappa shape index (κ2) is 15.6. The molecule has 0 spiro atoms. The Morgan fingerprint density at radius 3 is 1.25 bits per heavy atom. The number of hydrogen-bond donors (Lipinski definition) is 1. The van der Waals surface area contributed by atoms with E-state index in [1.54, 1.807) is 0 Å². The van der Waals surface area contributed by atoms with E-state index in [4.69, 9.17) is 4.55 Å². The maximum absolute atomic E-state index is 10.5. The normalized spacial score (nSPS) is 11.3. The van der Waals surface area contributed by atoms with Gasteiger partial charge in [-0.1, -0.05) is 84.0 Å².